The molecule has 1 atom stereocenters. The average molecular weight is 369 g/mol. The second kappa shape index (κ2) is 8.24. The molecule has 7 heteroatoms. The maximum absolute atomic E-state index is 13.0. The van der Waals surface area contributed by atoms with Crippen molar-refractivity contribution < 1.29 is 9.59 Å². The van der Waals surface area contributed by atoms with Crippen LogP contribution in [-0.2, 0) is 17.8 Å². The van der Waals surface area contributed by atoms with Crippen LogP contribution in [0.1, 0.15) is 30.3 Å². The van der Waals surface area contributed by atoms with Crippen LogP contribution in [-0.4, -0.2) is 45.8 Å². The number of amides is 3. The van der Waals surface area contributed by atoms with Crippen molar-refractivity contribution in [3.63, 3.8) is 0 Å². The molecule has 144 valence electrons. The Morgan fingerprint density at radius 2 is 2.04 bits per heavy atom. The van der Waals surface area contributed by atoms with Gasteiger partial charge in [0, 0.05) is 26.1 Å². The Kier molecular flexibility index (Phi) is 5.78. The molecule has 1 unspecified atom stereocenters. The monoisotopic (exact) mass is 369 g/mol. The number of benzene rings is 1. The van der Waals surface area contributed by atoms with E-state index in [1.807, 2.05) is 48.9 Å². The van der Waals surface area contributed by atoms with Crippen molar-refractivity contribution in [1.82, 2.24) is 20.0 Å². The minimum absolute atomic E-state index is 0.115. The predicted octanol–water partition coefficient (Wildman–Crippen LogP) is 2.48. The number of aryl methyl sites for hydroxylation is 2. The van der Waals surface area contributed by atoms with Crippen LogP contribution in [0.2, 0.25) is 0 Å². The summed E-state index contributed by atoms with van der Waals surface area (Å²) in [6.45, 7) is 7.69. The number of urea groups is 1. The predicted molar refractivity (Wildman–Crippen MR) is 105 cm³/mol. The van der Waals surface area contributed by atoms with Gasteiger partial charge in [0.15, 0.2) is 0 Å². The summed E-state index contributed by atoms with van der Waals surface area (Å²) in [5.74, 6) is -0.115. The highest BCUT2D eigenvalue weighted by molar-refractivity contribution is 5.95. The van der Waals surface area contributed by atoms with Gasteiger partial charge in [0.2, 0.25) is 5.91 Å². The molecule has 2 N–H and O–H groups in total. The molecule has 1 fully saturated rings. The first kappa shape index (κ1) is 18.9. The zero-order chi connectivity index (χ0) is 19.4. The molecule has 7 nitrogen and oxygen atoms in total. The van der Waals surface area contributed by atoms with E-state index in [4.69, 9.17) is 0 Å². The molecule has 1 aromatic carbocycles. The highest BCUT2D eigenvalue weighted by Crippen LogP contribution is 2.21. The van der Waals surface area contributed by atoms with Crippen LogP contribution in [0.3, 0.4) is 0 Å². The molecular formula is C20H27N5O2. The fourth-order valence-electron chi connectivity index (χ4n) is 3.48. The Bertz CT molecular complexity index is 815. The minimum atomic E-state index is -0.521. The first-order valence-electron chi connectivity index (χ1n) is 9.44. The third-order valence-electron chi connectivity index (χ3n) is 4.91. The molecule has 2 aromatic rings. The summed E-state index contributed by atoms with van der Waals surface area (Å²) >= 11 is 0. The van der Waals surface area contributed by atoms with Gasteiger partial charge in [0.25, 0.3) is 0 Å². The van der Waals surface area contributed by atoms with Gasteiger partial charge in [-0.2, -0.15) is 5.10 Å². The smallest absolute Gasteiger partial charge is 0.322 e. The molecule has 3 amide bonds. The maximum Gasteiger partial charge on any atom is 0.322 e. The molecule has 0 saturated carbocycles. The second-order valence-corrected chi connectivity index (χ2v) is 6.89. The van der Waals surface area contributed by atoms with E-state index in [0.717, 1.165) is 35.6 Å². The average Bonchev–Trinajstić information content (AvgIpc) is 2.92. The highest BCUT2D eigenvalue weighted by atomic mass is 16.2. The van der Waals surface area contributed by atoms with E-state index in [2.05, 4.69) is 22.7 Å². The largest absolute Gasteiger partial charge is 0.353 e. The molecule has 3 rings (SSSR count). The maximum atomic E-state index is 13.0. The zero-order valence-electron chi connectivity index (χ0n) is 16.2. The van der Waals surface area contributed by atoms with Crippen molar-refractivity contribution in [3.8, 4) is 0 Å². The quantitative estimate of drug-likeness (QED) is 0.850. The van der Waals surface area contributed by atoms with Crippen LogP contribution < -0.4 is 10.6 Å². The van der Waals surface area contributed by atoms with Crippen molar-refractivity contribution in [3.05, 3.63) is 47.3 Å². The van der Waals surface area contributed by atoms with Gasteiger partial charge in [-0.05, 0) is 25.8 Å². The first-order chi connectivity index (χ1) is 13.0. The summed E-state index contributed by atoms with van der Waals surface area (Å²) in [5.41, 5.74) is 3.48. The second-order valence-electron chi connectivity index (χ2n) is 6.89. The first-order valence-corrected chi connectivity index (χ1v) is 9.44. The van der Waals surface area contributed by atoms with Gasteiger partial charge in [-0.1, -0.05) is 37.3 Å². The Labute approximate surface area is 159 Å². The molecule has 0 spiro atoms. The molecule has 1 saturated heterocycles. The molecule has 0 aliphatic carbocycles. The zero-order valence-corrected chi connectivity index (χ0v) is 16.2. The van der Waals surface area contributed by atoms with Gasteiger partial charge in [0.05, 0.1) is 17.1 Å². The molecule has 1 aliphatic rings. The van der Waals surface area contributed by atoms with Crippen molar-refractivity contribution in [2.45, 2.75) is 46.2 Å². The summed E-state index contributed by atoms with van der Waals surface area (Å²) in [5, 5.41) is 10.4. The molecule has 0 radical (unpaired) electrons. The molecule has 2 heterocycles. The summed E-state index contributed by atoms with van der Waals surface area (Å²) in [6, 6.07) is 8.99. The number of hydrogen-bond donors (Lipinski definition) is 2. The van der Waals surface area contributed by atoms with Crippen LogP contribution in [0.4, 0.5) is 10.5 Å². The van der Waals surface area contributed by atoms with Crippen LogP contribution in [0, 0.1) is 13.8 Å². The number of carbonyl (C=O) groups excluding carboxylic acids is 2. The molecular weight excluding hydrogens is 342 g/mol. The fraction of sp³-hybridized carbons (Fsp3) is 0.450. The van der Waals surface area contributed by atoms with E-state index in [0.29, 0.717) is 19.5 Å². The molecule has 27 heavy (non-hydrogen) atoms. The van der Waals surface area contributed by atoms with Crippen LogP contribution >= 0.6 is 0 Å². The van der Waals surface area contributed by atoms with Crippen LogP contribution in [0.15, 0.2) is 30.3 Å². The van der Waals surface area contributed by atoms with E-state index in [1.54, 1.807) is 4.90 Å². The fourth-order valence-corrected chi connectivity index (χ4v) is 3.48. The number of nitrogens with one attached hydrogen (secondary N) is 2. The third kappa shape index (κ3) is 4.13. The minimum Gasteiger partial charge on any atom is -0.353 e. The Morgan fingerprint density at radius 1 is 1.30 bits per heavy atom. The molecule has 1 aliphatic heterocycles. The topological polar surface area (TPSA) is 79.3 Å². The van der Waals surface area contributed by atoms with Crippen LogP contribution in [0.5, 0.6) is 0 Å². The number of nitrogens with zero attached hydrogens (tertiary/aromatic N) is 3. The van der Waals surface area contributed by atoms with Gasteiger partial charge >= 0.3 is 6.03 Å². The number of carbonyl (C=O) groups is 2. The number of rotatable bonds is 5. The highest BCUT2D eigenvalue weighted by Gasteiger charge is 2.33. The van der Waals surface area contributed by atoms with Crippen molar-refractivity contribution in [1.29, 1.82) is 0 Å². The van der Waals surface area contributed by atoms with Crippen molar-refractivity contribution >= 4 is 17.6 Å². The van der Waals surface area contributed by atoms with Gasteiger partial charge < -0.3 is 15.5 Å². The Balaban J connectivity index is 1.78. The number of piperazine rings is 1. The summed E-state index contributed by atoms with van der Waals surface area (Å²) in [7, 11) is 0. The van der Waals surface area contributed by atoms with E-state index in [9.17, 15) is 9.59 Å². The Hall–Kier alpha value is -2.83. The summed E-state index contributed by atoms with van der Waals surface area (Å²) in [4.78, 5) is 27.0. The molecule has 1 aromatic heterocycles. The summed E-state index contributed by atoms with van der Waals surface area (Å²) in [6.07, 6.45) is 1.47. The van der Waals surface area contributed by atoms with Crippen molar-refractivity contribution in [2.75, 3.05) is 18.4 Å². The standard InChI is InChI=1S/C20H27N5O2/c1-4-11-25-15(3)18(14(2)23-25)22-20(27)24-12-10-21-19(26)17(24)13-16-8-6-5-7-9-16/h5-9,17H,4,10-13H2,1-3H3,(H,21,26)(H,22,27). The van der Waals surface area contributed by atoms with Crippen molar-refractivity contribution in [2.24, 2.45) is 0 Å². The lowest BCUT2D eigenvalue weighted by molar-refractivity contribution is -0.127. The van der Waals surface area contributed by atoms with E-state index >= 15 is 0 Å². The lowest BCUT2D eigenvalue weighted by Crippen LogP contribution is -2.59. The number of aromatic nitrogens is 2. The van der Waals surface area contributed by atoms with Gasteiger partial charge in [0.1, 0.15) is 6.04 Å². The normalized spacial score (nSPS) is 16.9. The van der Waals surface area contributed by atoms with E-state index < -0.39 is 6.04 Å². The lowest BCUT2D eigenvalue weighted by Gasteiger charge is -2.35. The third-order valence-corrected chi connectivity index (χ3v) is 4.91. The van der Waals surface area contributed by atoms with Gasteiger partial charge in [-0.15, -0.1) is 0 Å². The Morgan fingerprint density at radius 3 is 2.74 bits per heavy atom. The number of hydrogen-bond acceptors (Lipinski definition) is 3. The number of anilines is 1. The lowest BCUT2D eigenvalue weighted by atomic mass is 10.0. The SMILES string of the molecule is CCCn1nc(C)c(NC(=O)N2CCNC(=O)C2Cc2ccccc2)c1C. The van der Waals surface area contributed by atoms with E-state index in [-0.39, 0.29) is 11.9 Å². The van der Waals surface area contributed by atoms with Gasteiger partial charge in [-0.25, -0.2) is 4.79 Å². The summed E-state index contributed by atoms with van der Waals surface area (Å²) < 4.78 is 1.91. The van der Waals surface area contributed by atoms with Crippen LogP contribution in [0.25, 0.3) is 0 Å². The molecule has 0 bridgehead atoms. The van der Waals surface area contributed by atoms with E-state index in [1.165, 1.54) is 0 Å². The van der Waals surface area contributed by atoms with Gasteiger partial charge in [-0.3, -0.25) is 9.48 Å².